The highest BCUT2D eigenvalue weighted by molar-refractivity contribution is 6.30. The Kier molecular flexibility index (Phi) is 6.42. The lowest BCUT2D eigenvalue weighted by Gasteiger charge is -2.36. The quantitative estimate of drug-likeness (QED) is 0.608. The number of nitrogens with two attached hydrogens (primary N) is 1. The van der Waals surface area contributed by atoms with Crippen LogP contribution < -0.4 is 15.4 Å². The van der Waals surface area contributed by atoms with E-state index >= 15 is 0 Å². The van der Waals surface area contributed by atoms with E-state index in [2.05, 4.69) is 9.89 Å². The molecule has 3 N–H and O–H groups in total. The van der Waals surface area contributed by atoms with Gasteiger partial charge in [0, 0.05) is 36.9 Å². The minimum absolute atomic E-state index is 0.219. The van der Waals surface area contributed by atoms with E-state index in [4.69, 9.17) is 22.1 Å². The minimum atomic E-state index is -0.714. The Morgan fingerprint density at radius 1 is 1.19 bits per heavy atom. The summed E-state index contributed by atoms with van der Waals surface area (Å²) in [6.45, 7) is 3.50. The van der Waals surface area contributed by atoms with Crippen molar-refractivity contribution in [1.29, 1.82) is 0 Å². The van der Waals surface area contributed by atoms with Crippen molar-refractivity contribution in [2.75, 3.05) is 44.7 Å². The molecule has 6 nitrogen and oxygen atoms in total. The van der Waals surface area contributed by atoms with Gasteiger partial charge in [-0.05, 0) is 42.0 Å². The number of piperazine rings is 1. The highest BCUT2D eigenvalue weighted by Gasteiger charge is 2.19. The first kappa shape index (κ1) is 19.3. The SMILES string of the molecule is COc1cccc(C(O)CN=C(N)N2CCN(c3ccc(Cl)cc3)CC2)c1. The number of rotatable bonds is 5. The first-order chi connectivity index (χ1) is 13.1. The number of aliphatic hydroxyl groups excluding tert-OH is 1. The van der Waals surface area contributed by atoms with Gasteiger partial charge in [-0.3, -0.25) is 4.99 Å². The normalized spacial score (nSPS) is 16.3. The van der Waals surface area contributed by atoms with Crippen molar-refractivity contribution in [3.05, 3.63) is 59.1 Å². The molecule has 0 aliphatic carbocycles. The molecule has 1 heterocycles. The molecule has 1 atom stereocenters. The predicted octanol–water partition coefficient (Wildman–Crippen LogP) is 2.52. The summed E-state index contributed by atoms with van der Waals surface area (Å²) < 4.78 is 5.19. The first-order valence-electron chi connectivity index (χ1n) is 8.94. The summed E-state index contributed by atoms with van der Waals surface area (Å²) in [7, 11) is 1.60. The van der Waals surface area contributed by atoms with Gasteiger partial charge in [-0.1, -0.05) is 23.7 Å². The van der Waals surface area contributed by atoms with Crippen molar-refractivity contribution in [2.24, 2.45) is 10.7 Å². The van der Waals surface area contributed by atoms with Crippen LogP contribution in [0.3, 0.4) is 0 Å². The predicted molar refractivity (Wildman–Crippen MR) is 110 cm³/mol. The molecule has 0 aromatic heterocycles. The Morgan fingerprint density at radius 2 is 1.89 bits per heavy atom. The van der Waals surface area contributed by atoms with Crippen LogP contribution in [0.5, 0.6) is 5.75 Å². The number of aliphatic hydroxyl groups is 1. The van der Waals surface area contributed by atoms with E-state index < -0.39 is 6.10 Å². The standard InChI is InChI=1S/C20H25ClN4O2/c1-27-18-4-2-3-15(13-18)19(26)14-23-20(22)25-11-9-24(10-12-25)17-7-5-16(21)6-8-17/h2-8,13,19,26H,9-12,14H2,1H3,(H2,22,23). The van der Waals surface area contributed by atoms with Crippen LogP contribution in [-0.4, -0.2) is 55.8 Å². The third-order valence-corrected chi connectivity index (χ3v) is 4.95. The van der Waals surface area contributed by atoms with Gasteiger partial charge in [0.25, 0.3) is 0 Å². The van der Waals surface area contributed by atoms with Crippen LogP contribution in [0, 0.1) is 0 Å². The molecule has 0 bridgehead atoms. The summed E-state index contributed by atoms with van der Waals surface area (Å²) in [5.74, 6) is 1.18. The fourth-order valence-corrected chi connectivity index (χ4v) is 3.21. The molecule has 1 aliphatic rings. The largest absolute Gasteiger partial charge is 0.497 e. The molecule has 0 saturated carbocycles. The lowest BCUT2D eigenvalue weighted by molar-refractivity contribution is 0.186. The second-order valence-corrected chi connectivity index (χ2v) is 6.88. The molecular formula is C20H25ClN4O2. The van der Waals surface area contributed by atoms with E-state index in [1.165, 1.54) is 0 Å². The maximum atomic E-state index is 10.3. The minimum Gasteiger partial charge on any atom is -0.497 e. The third-order valence-electron chi connectivity index (χ3n) is 4.70. The van der Waals surface area contributed by atoms with Crippen LogP contribution in [-0.2, 0) is 0 Å². The molecule has 144 valence electrons. The number of guanidine groups is 1. The molecule has 0 radical (unpaired) electrons. The Balaban J connectivity index is 1.53. The molecule has 0 spiro atoms. The summed E-state index contributed by atoms with van der Waals surface area (Å²) in [5.41, 5.74) is 8.06. The van der Waals surface area contributed by atoms with Crippen molar-refractivity contribution < 1.29 is 9.84 Å². The molecule has 1 aliphatic heterocycles. The molecular weight excluding hydrogens is 364 g/mol. The summed E-state index contributed by atoms with van der Waals surface area (Å²) in [6.07, 6.45) is -0.714. The number of hydrogen-bond acceptors (Lipinski definition) is 4. The third kappa shape index (κ3) is 5.05. The van der Waals surface area contributed by atoms with E-state index in [1.54, 1.807) is 13.2 Å². The van der Waals surface area contributed by atoms with Crippen molar-refractivity contribution in [2.45, 2.75) is 6.10 Å². The highest BCUT2D eigenvalue weighted by atomic mass is 35.5. The zero-order chi connectivity index (χ0) is 19.2. The molecule has 0 amide bonds. The van der Waals surface area contributed by atoms with Gasteiger partial charge in [-0.15, -0.1) is 0 Å². The topological polar surface area (TPSA) is 74.3 Å². The summed E-state index contributed by atoms with van der Waals surface area (Å²) >= 11 is 5.95. The second-order valence-electron chi connectivity index (χ2n) is 6.44. The number of anilines is 1. The van der Waals surface area contributed by atoms with Crippen molar-refractivity contribution >= 4 is 23.2 Å². The van der Waals surface area contributed by atoms with Gasteiger partial charge in [0.05, 0.1) is 19.8 Å². The number of ether oxygens (including phenoxy) is 1. The Bertz CT molecular complexity index is 774. The van der Waals surface area contributed by atoms with E-state index in [-0.39, 0.29) is 6.54 Å². The van der Waals surface area contributed by atoms with Gasteiger partial charge in [0.2, 0.25) is 0 Å². The zero-order valence-electron chi connectivity index (χ0n) is 15.4. The average Bonchev–Trinajstić information content (AvgIpc) is 2.72. The smallest absolute Gasteiger partial charge is 0.191 e. The summed E-state index contributed by atoms with van der Waals surface area (Å²) in [4.78, 5) is 8.73. The van der Waals surface area contributed by atoms with Crippen LogP contribution in [0.4, 0.5) is 5.69 Å². The number of nitrogens with zero attached hydrogens (tertiary/aromatic N) is 3. The Morgan fingerprint density at radius 3 is 2.56 bits per heavy atom. The monoisotopic (exact) mass is 388 g/mol. The fraction of sp³-hybridized carbons (Fsp3) is 0.350. The van der Waals surface area contributed by atoms with Crippen molar-refractivity contribution in [1.82, 2.24) is 4.90 Å². The van der Waals surface area contributed by atoms with Crippen LogP contribution in [0.25, 0.3) is 0 Å². The van der Waals surface area contributed by atoms with Gasteiger partial charge < -0.3 is 25.4 Å². The van der Waals surface area contributed by atoms with Gasteiger partial charge in [0.15, 0.2) is 5.96 Å². The lowest BCUT2D eigenvalue weighted by atomic mass is 10.1. The average molecular weight is 389 g/mol. The summed E-state index contributed by atoms with van der Waals surface area (Å²) in [6, 6.07) is 15.2. The zero-order valence-corrected chi connectivity index (χ0v) is 16.1. The summed E-state index contributed by atoms with van der Waals surface area (Å²) in [5, 5.41) is 11.1. The van der Waals surface area contributed by atoms with Crippen molar-refractivity contribution in [3.8, 4) is 5.75 Å². The molecule has 2 aromatic rings. The molecule has 1 unspecified atom stereocenters. The van der Waals surface area contributed by atoms with Gasteiger partial charge in [-0.2, -0.15) is 0 Å². The van der Waals surface area contributed by atoms with Gasteiger partial charge in [0.1, 0.15) is 5.75 Å². The van der Waals surface area contributed by atoms with E-state index in [9.17, 15) is 5.11 Å². The fourth-order valence-electron chi connectivity index (χ4n) is 3.08. The highest BCUT2D eigenvalue weighted by Crippen LogP contribution is 2.20. The molecule has 7 heteroatoms. The number of benzene rings is 2. The van der Waals surface area contributed by atoms with E-state index in [1.807, 2.05) is 47.4 Å². The van der Waals surface area contributed by atoms with Crippen LogP contribution in [0.2, 0.25) is 5.02 Å². The maximum absolute atomic E-state index is 10.3. The molecule has 2 aromatic carbocycles. The second kappa shape index (κ2) is 8.97. The van der Waals surface area contributed by atoms with Crippen LogP contribution in [0.1, 0.15) is 11.7 Å². The molecule has 27 heavy (non-hydrogen) atoms. The molecule has 1 saturated heterocycles. The van der Waals surface area contributed by atoms with Crippen LogP contribution >= 0.6 is 11.6 Å². The number of methoxy groups -OCH3 is 1. The maximum Gasteiger partial charge on any atom is 0.191 e. The molecule has 3 rings (SSSR count). The molecule has 1 fully saturated rings. The van der Waals surface area contributed by atoms with E-state index in [0.29, 0.717) is 11.7 Å². The number of hydrogen-bond donors (Lipinski definition) is 2. The van der Waals surface area contributed by atoms with Crippen LogP contribution in [0.15, 0.2) is 53.5 Å². The Hall–Kier alpha value is -2.44. The first-order valence-corrected chi connectivity index (χ1v) is 9.32. The Labute approximate surface area is 164 Å². The lowest BCUT2D eigenvalue weighted by Crippen LogP contribution is -2.51. The number of halogens is 1. The van der Waals surface area contributed by atoms with Gasteiger partial charge in [-0.25, -0.2) is 0 Å². The van der Waals surface area contributed by atoms with E-state index in [0.717, 1.165) is 42.5 Å². The number of aliphatic imine (C=N–C) groups is 1. The van der Waals surface area contributed by atoms with Crippen molar-refractivity contribution in [3.63, 3.8) is 0 Å². The van der Waals surface area contributed by atoms with Gasteiger partial charge >= 0.3 is 0 Å².